The van der Waals surface area contributed by atoms with Crippen LogP contribution in [0.15, 0.2) is 65.4 Å². The molecule has 0 saturated heterocycles. The van der Waals surface area contributed by atoms with E-state index in [0.29, 0.717) is 24.2 Å². The Balaban J connectivity index is 1.26. The van der Waals surface area contributed by atoms with Gasteiger partial charge in [-0.15, -0.1) is 0 Å². The zero-order valence-corrected chi connectivity index (χ0v) is 17.6. The van der Waals surface area contributed by atoms with E-state index in [4.69, 9.17) is 0 Å². The van der Waals surface area contributed by atoms with Crippen LogP contribution in [-0.4, -0.2) is 38.9 Å². The van der Waals surface area contributed by atoms with Gasteiger partial charge in [-0.3, -0.25) is 24.0 Å². The highest BCUT2D eigenvalue weighted by Crippen LogP contribution is 2.26. The number of benzene rings is 2. The number of hydrogen-bond acceptors (Lipinski definition) is 4. The van der Waals surface area contributed by atoms with Crippen molar-refractivity contribution in [3.8, 4) is 0 Å². The highest BCUT2D eigenvalue weighted by atomic mass is 79.9. The van der Waals surface area contributed by atoms with Gasteiger partial charge >= 0.3 is 0 Å². The van der Waals surface area contributed by atoms with Gasteiger partial charge in [0, 0.05) is 36.4 Å². The third-order valence-electron chi connectivity index (χ3n) is 4.91. The Bertz CT molecular complexity index is 1090. The van der Waals surface area contributed by atoms with Crippen LogP contribution in [-0.2, 0) is 17.9 Å². The molecule has 3 aromatic rings. The Hall–Kier alpha value is -3.26. The molecule has 0 bridgehead atoms. The first-order valence-electron chi connectivity index (χ1n) is 9.49. The average molecular weight is 467 g/mol. The van der Waals surface area contributed by atoms with Gasteiger partial charge in [0.25, 0.3) is 11.8 Å². The van der Waals surface area contributed by atoms with E-state index >= 15 is 0 Å². The molecule has 30 heavy (non-hydrogen) atoms. The molecule has 0 spiro atoms. The molecule has 0 radical (unpaired) electrons. The minimum atomic E-state index is -0.364. The Labute approximate surface area is 181 Å². The molecule has 1 aromatic heterocycles. The number of carbonyl (C=O) groups excluding carboxylic acids is 3. The maximum Gasteiger partial charge on any atom is 0.261 e. The minimum Gasteiger partial charge on any atom is -0.352 e. The summed E-state index contributed by atoms with van der Waals surface area (Å²) in [5, 5.41) is 7.01. The summed E-state index contributed by atoms with van der Waals surface area (Å²) in [6.45, 7) is 1.13. The van der Waals surface area contributed by atoms with Gasteiger partial charge in [-0.2, -0.15) is 5.10 Å². The molecule has 3 amide bonds. The van der Waals surface area contributed by atoms with E-state index in [1.165, 1.54) is 0 Å². The Morgan fingerprint density at radius 2 is 1.73 bits per heavy atom. The number of imide groups is 1. The second kappa shape index (κ2) is 8.62. The fourth-order valence-electron chi connectivity index (χ4n) is 3.31. The number of fused-ring (bicyclic) bond motifs is 1. The van der Waals surface area contributed by atoms with Gasteiger partial charge in [0.15, 0.2) is 0 Å². The van der Waals surface area contributed by atoms with Gasteiger partial charge in [0.1, 0.15) is 0 Å². The summed E-state index contributed by atoms with van der Waals surface area (Å²) in [5.41, 5.74) is 2.83. The first-order valence-corrected chi connectivity index (χ1v) is 10.3. The average Bonchev–Trinajstić information content (AvgIpc) is 3.33. The van der Waals surface area contributed by atoms with E-state index in [-0.39, 0.29) is 30.7 Å². The van der Waals surface area contributed by atoms with Crippen LogP contribution >= 0.6 is 15.9 Å². The maximum absolute atomic E-state index is 12.4. The molecular formula is C22H19BrN4O3. The molecule has 4 rings (SSSR count). The van der Waals surface area contributed by atoms with Crippen LogP contribution in [0.25, 0.3) is 0 Å². The third kappa shape index (κ3) is 4.33. The van der Waals surface area contributed by atoms with E-state index in [2.05, 4.69) is 26.3 Å². The van der Waals surface area contributed by atoms with Crippen LogP contribution in [0, 0.1) is 0 Å². The van der Waals surface area contributed by atoms with Crippen molar-refractivity contribution in [1.29, 1.82) is 0 Å². The predicted molar refractivity (Wildman–Crippen MR) is 114 cm³/mol. The van der Waals surface area contributed by atoms with Crippen molar-refractivity contribution in [3.05, 3.63) is 87.7 Å². The molecule has 0 fully saturated rings. The highest BCUT2D eigenvalue weighted by molar-refractivity contribution is 9.10. The third-order valence-corrected chi connectivity index (χ3v) is 5.40. The normalized spacial score (nSPS) is 12.9. The maximum atomic E-state index is 12.4. The monoisotopic (exact) mass is 466 g/mol. The van der Waals surface area contributed by atoms with Crippen molar-refractivity contribution in [2.75, 3.05) is 6.54 Å². The Kier molecular flexibility index (Phi) is 5.76. The summed E-state index contributed by atoms with van der Waals surface area (Å²) in [5.74, 6) is -0.937. The Morgan fingerprint density at radius 3 is 2.47 bits per heavy atom. The van der Waals surface area contributed by atoms with Gasteiger partial charge in [0.05, 0.1) is 17.7 Å². The van der Waals surface area contributed by atoms with Crippen LogP contribution < -0.4 is 5.32 Å². The van der Waals surface area contributed by atoms with Crippen molar-refractivity contribution in [1.82, 2.24) is 20.0 Å². The number of carbonyl (C=O) groups is 3. The van der Waals surface area contributed by atoms with Crippen molar-refractivity contribution in [3.63, 3.8) is 0 Å². The number of amides is 3. The van der Waals surface area contributed by atoms with E-state index in [0.717, 1.165) is 20.5 Å². The van der Waals surface area contributed by atoms with Crippen molar-refractivity contribution in [2.45, 2.75) is 19.5 Å². The SMILES string of the molecule is O=C(CCN1C(=O)c2ccc(Br)cc2C1=O)NCc1ccc(Cn2cccn2)cc1. The molecular weight excluding hydrogens is 448 g/mol. The van der Waals surface area contributed by atoms with Crippen LogP contribution in [0.4, 0.5) is 0 Å². The zero-order chi connectivity index (χ0) is 21.1. The topological polar surface area (TPSA) is 84.3 Å². The quantitative estimate of drug-likeness (QED) is 0.542. The smallest absolute Gasteiger partial charge is 0.261 e. The molecule has 1 aliphatic rings. The number of aromatic nitrogens is 2. The molecule has 2 aromatic carbocycles. The molecule has 0 saturated carbocycles. The summed E-state index contributed by atoms with van der Waals surface area (Å²) in [4.78, 5) is 38.2. The number of halogens is 1. The molecule has 152 valence electrons. The molecule has 0 atom stereocenters. The summed E-state index contributed by atoms with van der Waals surface area (Å²) < 4.78 is 2.58. The number of rotatable bonds is 7. The van der Waals surface area contributed by atoms with Crippen LogP contribution in [0.2, 0.25) is 0 Å². The van der Waals surface area contributed by atoms with Crippen LogP contribution in [0.5, 0.6) is 0 Å². The zero-order valence-electron chi connectivity index (χ0n) is 16.0. The second-order valence-corrected chi connectivity index (χ2v) is 7.91. The van der Waals surface area contributed by atoms with E-state index in [1.807, 2.05) is 41.2 Å². The van der Waals surface area contributed by atoms with E-state index in [9.17, 15) is 14.4 Å². The van der Waals surface area contributed by atoms with Gasteiger partial charge in [0.2, 0.25) is 5.91 Å². The number of nitrogens with zero attached hydrogens (tertiary/aromatic N) is 3. The molecule has 0 aliphatic carbocycles. The molecule has 0 unspecified atom stereocenters. The van der Waals surface area contributed by atoms with E-state index < -0.39 is 0 Å². The fourth-order valence-corrected chi connectivity index (χ4v) is 3.67. The number of nitrogens with one attached hydrogen (secondary N) is 1. The molecule has 1 N–H and O–H groups in total. The second-order valence-electron chi connectivity index (χ2n) is 7.00. The minimum absolute atomic E-state index is 0.0542. The summed E-state index contributed by atoms with van der Waals surface area (Å²) in [7, 11) is 0. The van der Waals surface area contributed by atoms with Gasteiger partial charge in [-0.25, -0.2) is 0 Å². The first-order chi connectivity index (χ1) is 14.5. The van der Waals surface area contributed by atoms with Crippen LogP contribution in [0.3, 0.4) is 0 Å². The fraction of sp³-hybridized carbons (Fsp3) is 0.182. The van der Waals surface area contributed by atoms with Crippen molar-refractivity contribution < 1.29 is 14.4 Å². The lowest BCUT2D eigenvalue weighted by Crippen LogP contribution is -2.34. The predicted octanol–water partition coefficient (Wildman–Crippen LogP) is 3.00. The molecule has 7 nitrogen and oxygen atoms in total. The largest absolute Gasteiger partial charge is 0.352 e. The Morgan fingerprint density at radius 1 is 1.00 bits per heavy atom. The van der Waals surface area contributed by atoms with E-state index in [1.54, 1.807) is 24.4 Å². The summed E-state index contributed by atoms with van der Waals surface area (Å²) in [6.07, 6.45) is 3.70. The standard InChI is InChI=1S/C22H19BrN4O3/c23-17-6-7-18-19(12-17)22(30)27(21(18)29)11-8-20(28)24-13-15-2-4-16(5-3-15)14-26-10-1-9-25-26/h1-7,9-10,12H,8,11,13-14H2,(H,24,28). The van der Waals surface area contributed by atoms with Gasteiger partial charge < -0.3 is 5.32 Å². The van der Waals surface area contributed by atoms with Gasteiger partial charge in [-0.05, 0) is 35.4 Å². The lowest BCUT2D eigenvalue weighted by Gasteiger charge is -2.13. The summed E-state index contributed by atoms with van der Waals surface area (Å²) >= 11 is 3.31. The molecule has 8 heteroatoms. The van der Waals surface area contributed by atoms with Crippen molar-refractivity contribution >= 4 is 33.7 Å². The number of hydrogen-bond donors (Lipinski definition) is 1. The molecule has 2 heterocycles. The first kappa shape index (κ1) is 20.0. The molecule has 1 aliphatic heterocycles. The van der Waals surface area contributed by atoms with Gasteiger partial charge in [-0.1, -0.05) is 40.2 Å². The lowest BCUT2D eigenvalue weighted by atomic mass is 10.1. The highest BCUT2D eigenvalue weighted by Gasteiger charge is 2.35. The van der Waals surface area contributed by atoms with Crippen molar-refractivity contribution in [2.24, 2.45) is 0 Å². The lowest BCUT2D eigenvalue weighted by molar-refractivity contribution is -0.121. The summed E-state index contributed by atoms with van der Waals surface area (Å²) in [6, 6.07) is 14.8. The van der Waals surface area contributed by atoms with Crippen LogP contribution in [0.1, 0.15) is 38.3 Å².